The van der Waals surface area contributed by atoms with E-state index in [9.17, 15) is 15.0 Å². The van der Waals surface area contributed by atoms with E-state index in [2.05, 4.69) is 20.8 Å². The van der Waals surface area contributed by atoms with Crippen LogP contribution in [0.25, 0.3) is 0 Å². The van der Waals surface area contributed by atoms with Gasteiger partial charge in [0.2, 0.25) is 0 Å². The molecule has 0 aromatic carbocycles. The molecule has 2 N–H and O–H groups in total. The summed E-state index contributed by atoms with van der Waals surface area (Å²) in [6.45, 7) is 11.2. The molecule has 0 radical (unpaired) electrons. The van der Waals surface area contributed by atoms with Gasteiger partial charge in [-0.2, -0.15) is 0 Å². The van der Waals surface area contributed by atoms with Crippen LogP contribution >= 0.6 is 0 Å². The standard InChI is InChI=1S/C27H46O3/c1-17(2)24(28)13-8-18(3)21-11-12-22-20-10-9-19-7-6-15-27(29,30)26(19,5)23(20)14-16-25(21,22)4/h17-23,29-30H,6-16H2,1-5H3/t18-,19+,20+,21-,22+,23+,25-,26+/m1/s1. The molecule has 0 amide bonds. The van der Waals surface area contributed by atoms with Crippen molar-refractivity contribution in [3.63, 3.8) is 0 Å². The number of ketones is 1. The van der Waals surface area contributed by atoms with Gasteiger partial charge in [0.15, 0.2) is 5.79 Å². The lowest BCUT2D eigenvalue weighted by molar-refractivity contribution is -0.313. The number of carbonyl (C=O) groups is 1. The molecule has 4 aliphatic carbocycles. The summed E-state index contributed by atoms with van der Waals surface area (Å²) in [4.78, 5) is 12.2. The van der Waals surface area contributed by atoms with Crippen LogP contribution < -0.4 is 0 Å². The van der Waals surface area contributed by atoms with E-state index >= 15 is 0 Å². The lowest BCUT2D eigenvalue weighted by Crippen LogP contribution is -2.63. The summed E-state index contributed by atoms with van der Waals surface area (Å²) in [5, 5.41) is 22.2. The molecule has 30 heavy (non-hydrogen) atoms. The fourth-order valence-electron chi connectivity index (χ4n) is 9.20. The Morgan fingerprint density at radius 1 is 0.933 bits per heavy atom. The average molecular weight is 419 g/mol. The van der Waals surface area contributed by atoms with Crippen molar-refractivity contribution in [2.45, 2.75) is 111 Å². The third-order valence-corrected chi connectivity index (χ3v) is 11.1. The fourth-order valence-corrected chi connectivity index (χ4v) is 9.20. The quantitative estimate of drug-likeness (QED) is 0.541. The summed E-state index contributed by atoms with van der Waals surface area (Å²) in [5.74, 6) is 2.71. The van der Waals surface area contributed by atoms with Gasteiger partial charge in [-0.05, 0) is 98.7 Å². The van der Waals surface area contributed by atoms with E-state index in [0.29, 0.717) is 47.2 Å². The average Bonchev–Trinajstić information content (AvgIpc) is 3.04. The molecule has 4 aliphatic rings. The molecule has 4 saturated carbocycles. The summed E-state index contributed by atoms with van der Waals surface area (Å²) < 4.78 is 0. The molecular weight excluding hydrogens is 372 g/mol. The Hall–Kier alpha value is -0.410. The second-order valence-electron chi connectivity index (χ2n) is 12.5. The molecule has 4 fully saturated rings. The van der Waals surface area contributed by atoms with Gasteiger partial charge >= 0.3 is 0 Å². The summed E-state index contributed by atoms with van der Waals surface area (Å²) in [6, 6.07) is 0. The summed E-state index contributed by atoms with van der Waals surface area (Å²) in [6.07, 6.45) is 11.9. The number of hydrogen-bond acceptors (Lipinski definition) is 3. The summed E-state index contributed by atoms with van der Waals surface area (Å²) in [5.41, 5.74) is 0.0375. The predicted molar refractivity (Wildman–Crippen MR) is 121 cm³/mol. The Balaban J connectivity index is 1.52. The zero-order valence-corrected chi connectivity index (χ0v) is 20.1. The van der Waals surface area contributed by atoms with Crippen LogP contribution in [-0.4, -0.2) is 21.8 Å². The van der Waals surface area contributed by atoms with Crippen molar-refractivity contribution < 1.29 is 15.0 Å². The van der Waals surface area contributed by atoms with Crippen molar-refractivity contribution in [3.05, 3.63) is 0 Å². The number of carbonyl (C=O) groups excluding carboxylic acids is 1. The van der Waals surface area contributed by atoms with Crippen molar-refractivity contribution in [2.75, 3.05) is 0 Å². The molecule has 0 aromatic heterocycles. The number of Topliss-reactive ketones (excluding diaryl/α,β-unsaturated/α-hetero) is 1. The lowest BCUT2D eigenvalue weighted by Gasteiger charge is -2.63. The normalized spacial score (nSPS) is 46.1. The highest BCUT2D eigenvalue weighted by atomic mass is 16.5. The maximum Gasteiger partial charge on any atom is 0.168 e. The van der Waals surface area contributed by atoms with Crippen molar-refractivity contribution in [1.29, 1.82) is 0 Å². The molecule has 0 heterocycles. The topological polar surface area (TPSA) is 57.5 Å². The molecule has 0 aliphatic heterocycles. The Morgan fingerprint density at radius 3 is 2.37 bits per heavy atom. The molecule has 8 atom stereocenters. The fraction of sp³-hybridized carbons (Fsp3) is 0.963. The summed E-state index contributed by atoms with van der Waals surface area (Å²) >= 11 is 0. The highest BCUT2D eigenvalue weighted by Gasteiger charge is 2.65. The van der Waals surface area contributed by atoms with Crippen molar-refractivity contribution in [3.8, 4) is 0 Å². The smallest absolute Gasteiger partial charge is 0.168 e. The lowest BCUT2D eigenvalue weighted by atomic mass is 9.43. The van der Waals surface area contributed by atoms with Crippen LogP contribution in [0.2, 0.25) is 0 Å². The van der Waals surface area contributed by atoms with E-state index < -0.39 is 5.79 Å². The molecule has 0 unspecified atom stereocenters. The van der Waals surface area contributed by atoms with E-state index in [4.69, 9.17) is 0 Å². The van der Waals surface area contributed by atoms with E-state index in [1.807, 2.05) is 13.8 Å². The maximum atomic E-state index is 12.2. The first-order chi connectivity index (χ1) is 14.0. The van der Waals surface area contributed by atoms with Crippen LogP contribution in [0.3, 0.4) is 0 Å². The molecule has 3 heteroatoms. The van der Waals surface area contributed by atoms with E-state index in [-0.39, 0.29) is 11.3 Å². The number of rotatable bonds is 5. The van der Waals surface area contributed by atoms with Crippen molar-refractivity contribution in [2.24, 2.45) is 52.3 Å². The van der Waals surface area contributed by atoms with Gasteiger partial charge in [-0.1, -0.05) is 34.6 Å². The Labute approximate surface area is 184 Å². The van der Waals surface area contributed by atoms with E-state index in [1.165, 1.54) is 38.5 Å². The SMILES string of the molecule is CC(C)C(=O)CC[C@@H](C)[C@H]1CC[C@H]2[C@@H]3CC[C@@H]4CCCC(O)(O)[C@]4(C)[C@H]3CC[C@]12C. The van der Waals surface area contributed by atoms with Crippen molar-refractivity contribution >= 4 is 5.78 Å². The van der Waals surface area contributed by atoms with Gasteiger partial charge in [0.05, 0.1) is 0 Å². The predicted octanol–water partition coefficient (Wildman–Crippen LogP) is 5.97. The monoisotopic (exact) mass is 418 g/mol. The van der Waals surface area contributed by atoms with Gasteiger partial charge < -0.3 is 10.2 Å². The van der Waals surface area contributed by atoms with Crippen LogP contribution in [0.1, 0.15) is 105 Å². The Bertz CT molecular complexity index is 654. The largest absolute Gasteiger partial charge is 0.365 e. The van der Waals surface area contributed by atoms with Crippen LogP contribution in [0.4, 0.5) is 0 Å². The zero-order valence-electron chi connectivity index (χ0n) is 20.1. The van der Waals surface area contributed by atoms with Gasteiger partial charge in [-0.25, -0.2) is 0 Å². The molecule has 0 bridgehead atoms. The zero-order chi connectivity index (χ0) is 21.9. The molecule has 4 rings (SSSR count). The van der Waals surface area contributed by atoms with Gasteiger partial charge in [0.25, 0.3) is 0 Å². The molecule has 3 nitrogen and oxygen atoms in total. The Kier molecular flexibility index (Phi) is 5.97. The van der Waals surface area contributed by atoms with Crippen LogP contribution in [0.15, 0.2) is 0 Å². The van der Waals surface area contributed by atoms with Gasteiger partial charge in [-0.3, -0.25) is 4.79 Å². The molecular formula is C27H46O3. The minimum Gasteiger partial charge on any atom is -0.365 e. The van der Waals surface area contributed by atoms with Gasteiger partial charge in [0.1, 0.15) is 5.78 Å². The number of hydrogen-bond donors (Lipinski definition) is 2. The molecule has 0 aromatic rings. The second-order valence-corrected chi connectivity index (χ2v) is 12.5. The first kappa shape index (κ1) is 22.8. The first-order valence-electron chi connectivity index (χ1n) is 13.0. The van der Waals surface area contributed by atoms with Gasteiger partial charge in [0, 0.05) is 24.2 Å². The molecule has 0 saturated heterocycles. The number of aliphatic hydroxyl groups is 2. The molecule has 172 valence electrons. The maximum absolute atomic E-state index is 12.2. The first-order valence-corrected chi connectivity index (χ1v) is 13.0. The van der Waals surface area contributed by atoms with E-state index in [1.54, 1.807) is 0 Å². The van der Waals surface area contributed by atoms with Crippen LogP contribution in [-0.2, 0) is 4.79 Å². The van der Waals surface area contributed by atoms with E-state index in [0.717, 1.165) is 31.6 Å². The second kappa shape index (κ2) is 7.87. The Morgan fingerprint density at radius 2 is 1.67 bits per heavy atom. The van der Waals surface area contributed by atoms with Crippen molar-refractivity contribution in [1.82, 2.24) is 0 Å². The number of fused-ring (bicyclic) bond motifs is 5. The minimum absolute atomic E-state index is 0.156. The molecule has 0 spiro atoms. The highest BCUT2D eigenvalue weighted by Crippen LogP contribution is 2.69. The van der Waals surface area contributed by atoms with Crippen LogP contribution in [0.5, 0.6) is 0 Å². The third-order valence-electron chi connectivity index (χ3n) is 11.1. The minimum atomic E-state index is -1.49. The highest BCUT2D eigenvalue weighted by molar-refractivity contribution is 5.80. The van der Waals surface area contributed by atoms with Gasteiger partial charge in [-0.15, -0.1) is 0 Å². The van der Waals surface area contributed by atoms with Crippen LogP contribution in [0, 0.1) is 52.3 Å². The third kappa shape index (κ3) is 3.33. The summed E-state index contributed by atoms with van der Waals surface area (Å²) in [7, 11) is 0.